The molecule has 1 N–H and O–H groups in total. The van der Waals surface area contributed by atoms with Gasteiger partial charge in [0.2, 0.25) is 11.7 Å². The molecule has 0 fully saturated rings. The largest absolute Gasteiger partial charge is 0.488 e. The van der Waals surface area contributed by atoms with Gasteiger partial charge in [-0.15, -0.1) is 10.2 Å². The third kappa shape index (κ3) is 4.39. The second-order valence-electron chi connectivity index (χ2n) is 8.35. The van der Waals surface area contributed by atoms with Gasteiger partial charge >= 0.3 is 0 Å². The molecule has 1 aliphatic heterocycles. The van der Waals surface area contributed by atoms with Crippen LogP contribution < -0.4 is 4.74 Å². The molecule has 0 radical (unpaired) electrons. The Labute approximate surface area is 198 Å². The average Bonchev–Trinajstić information content (AvgIpc) is 3.42. The summed E-state index contributed by atoms with van der Waals surface area (Å²) in [6, 6.07) is 18.3. The smallest absolute Gasteiger partial charge is 0.219 e. The van der Waals surface area contributed by atoms with E-state index in [1.54, 1.807) is 6.92 Å². The molecule has 5 rings (SSSR count). The Balaban J connectivity index is 1.46. The standard InChI is InChI=1S/C26H26N6O2/c1-3-20-14-25(23-15-32(17(2)33)12-11-24(23)27-20)34-16-18-9-10-21(19-7-5-4-6-8-19)22(13-18)26-28-30-31-29-26/h4-10,13-14H,3,11-12,15-16H2,1-2H3,(H,28,29,30,31). The molecule has 0 unspecified atom stereocenters. The van der Waals surface area contributed by atoms with E-state index in [1.165, 1.54) is 0 Å². The van der Waals surface area contributed by atoms with Crippen molar-refractivity contribution in [1.29, 1.82) is 0 Å². The van der Waals surface area contributed by atoms with Crippen LogP contribution in [0.1, 0.15) is 36.4 Å². The molecule has 0 saturated heterocycles. The Morgan fingerprint density at radius 1 is 1.12 bits per heavy atom. The Hall–Kier alpha value is -4.07. The summed E-state index contributed by atoms with van der Waals surface area (Å²) in [5, 5.41) is 14.7. The van der Waals surface area contributed by atoms with Crippen molar-refractivity contribution in [3.8, 4) is 28.3 Å². The number of aromatic amines is 1. The number of H-pyrrole nitrogens is 1. The molecule has 0 saturated carbocycles. The zero-order chi connectivity index (χ0) is 23.5. The summed E-state index contributed by atoms with van der Waals surface area (Å²) in [7, 11) is 0. The molecular weight excluding hydrogens is 428 g/mol. The summed E-state index contributed by atoms with van der Waals surface area (Å²) < 4.78 is 6.34. The molecule has 172 valence electrons. The average molecular weight is 455 g/mol. The first-order valence-corrected chi connectivity index (χ1v) is 11.4. The number of amides is 1. The number of carbonyl (C=O) groups is 1. The summed E-state index contributed by atoms with van der Waals surface area (Å²) >= 11 is 0. The molecule has 8 heteroatoms. The van der Waals surface area contributed by atoms with Gasteiger partial charge in [0.05, 0.1) is 12.2 Å². The minimum Gasteiger partial charge on any atom is -0.488 e. The van der Waals surface area contributed by atoms with Gasteiger partial charge in [-0.2, -0.15) is 5.21 Å². The Morgan fingerprint density at radius 2 is 1.97 bits per heavy atom. The molecule has 1 amide bonds. The highest BCUT2D eigenvalue weighted by atomic mass is 16.5. The highest BCUT2D eigenvalue weighted by Crippen LogP contribution is 2.32. The van der Waals surface area contributed by atoms with Crippen LogP contribution in [0.15, 0.2) is 54.6 Å². The van der Waals surface area contributed by atoms with Gasteiger partial charge in [0, 0.05) is 42.8 Å². The molecule has 1 aliphatic rings. The minimum atomic E-state index is 0.0671. The third-order valence-corrected chi connectivity index (χ3v) is 6.15. The van der Waals surface area contributed by atoms with Crippen molar-refractivity contribution >= 4 is 5.91 Å². The van der Waals surface area contributed by atoms with Gasteiger partial charge in [0.1, 0.15) is 12.4 Å². The number of ether oxygens (including phenoxy) is 1. The lowest BCUT2D eigenvalue weighted by atomic mass is 9.97. The molecule has 8 nitrogen and oxygen atoms in total. The number of benzene rings is 2. The predicted octanol–water partition coefficient (Wildman–Crippen LogP) is 3.97. The molecular formula is C26H26N6O2. The van der Waals surface area contributed by atoms with Crippen LogP contribution in [0.2, 0.25) is 0 Å². The van der Waals surface area contributed by atoms with Crippen molar-refractivity contribution in [3.05, 3.63) is 77.1 Å². The summed E-state index contributed by atoms with van der Waals surface area (Å²) in [5.74, 6) is 1.39. The number of nitrogens with zero attached hydrogens (tertiary/aromatic N) is 5. The van der Waals surface area contributed by atoms with Crippen molar-refractivity contribution in [1.82, 2.24) is 30.5 Å². The van der Waals surface area contributed by atoms with E-state index in [2.05, 4.69) is 51.8 Å². The van der Waals surface area contributed by atoms with Crippen LogP contribution in [0.5, 0.6) is 5.75 Å². The topological polar surface area (TPSA) is 96.9 Å². The number of nitrogens with one attached hydrogen (secondary N) is 1. The molecule has 2 aromatic carbocycles. The van der Waals surface area contributed by atoms with Crippen LogP contribution in [-0.4, -0.2) is 43.0 Å². The SMILES string of the molecule is CCc1cc(OCc2ccc(-c3ccccc3)c(-c3nn[nH]n3)c2)c2c(n1)CCN(C(C)=O)C2. The quantitative estimate of drug-likeness (QED) is 0.473. The summed E-state index contributed by atoms with van der Waals surface area (Å²) in [6.07, 6.45) is 1.57. The van der Waals surface area contributed by atoms with Crippen molar-refractivity contribution in [3.63, 3.8) is 0 Å². The van der Waals surface area contributed by atoms with E-state index in [0.29, 0.717) is 25.5 Å². The molecule has 0 spiro atoms. The molecule has 3 heterocycles. The molecule has 0 atom stereocenters. The first-order valence-electron chi connectivity index (χ1n) is 11.4. The maximum absolute atomic E-state index is 12.0. The maximum atomic E-state index is 12.0. The van der Waals surface area contributed by atoms with E-state index in [4.69, 9.17) is 9.72 Å². The highest BCUT2D eigenvalue weighted by molar-refractivity contribution is 5.80. The second kappa shape index (κ2) is 9.43. The lowest BCUT2D eigenvalue weighted by molar-refractivity contribution is -0.129. The van der Waals surface area contributed by atoms with Crippen LogP contribution in [-0.2, 0) is 30.8 Å². The number of aromatic nitrogens is 5. The Morgan fingerprint density at radius 3 is 2.71 bits per heavy atom. The molecule has 4 aromatic rings. The first kappa shape index (κ1) is 21.8. The van der Waals surface area contributed by atoms with Crippen molar-refractivity contribution < 1.29 is 9.53 Å². The van der Waals surface area contributed by atoms with Gasteiger partial charge in [-0.25, -0.2) is 0 Å². The van der Waals surface area contributed by atoms with Gasteiger partial charge in [0.25, 0.3) is 0 Å². The summed E-state index contributed by atoms with van der Waals surface area (Å²) in [4.78, 5) is 18.6. The van der Waals surface area contributed by atoms with Crippen molar-refractivity contribution in [2.24, 2.45) is 0 Å². The number of aryl methyl sites for hydroxylation is 1. The third-order valence-electron chi connectivity index (χ3n) is 6.15. The fourth-order valence-electron chi connectivity index (χ4n) is 4.29. The summed E-state index contributed by atoms with van der Waals surface area (Å²) in [5.41, 5.74) is 7.00. The summed E-state index contributed by atoms with van der Waals surface area (Å²) in [6.45, 7) is 5.28. The minimum absolute atomic E-state index is 0.0671. The van der Waals surface area contributed by atoms with Crippen LogP contribution in [0.3, 0.4) is 0 Å². The highest BCUT2D eigenvalue weighted by Gasteiger charge is 2.23. The Kier molecular flexibility index (Phi) is 6.03. The second-order valence-corrected chi connectivity index (χ2v) is 8.35. The van der Waals surface area contributed by atoms with E-state index in [1.807, 2.05) is 35.2 Å². The molecule has 34 heavy (non-hydrogen) atoms. The van der Waals surface area contributed by atoms with E-state index in [0.717, 1.165) is 57.8 Å². The van der Waals surface area contributed by atoms with Crippen LogP contribution in [0.4, 0.5) is 0 Å². The van der Waals surface area contributed by atoms with Gasteiger partial charge in [-0.3, -0.25) is 9.78 Å². The number of carbonyl (C=O) groups excluding carboxylic acids is 1. The van der Waals surface area contributed by atoms with E-state index >= 15 is 0 Å². The van der Waals surface area contributed by atoms with Gasteiger partial charge in [0.15, 0.2) is 0 Å². The fourth-order valence-corrected chi connectivity index (χ4v) is 4.29. The molecule has 0 bridgehead atoms. The fraction of sp³-hybridized carbons (Fsp3) is 0.269. The molecule has 0 aliphatic carbocycles. The van der Waals surface area contributed by atoms with Crippen molar-refractivity contribution in [2.45, 2.75) is 39.8 Å². The van der Waals surface area contributed by atoms with E-state index < -0.39 is 0 Å². The zero-order valence-corrected chi connectivity index (χ0v) is 19.3. The monoisotopic (exact) mass is 454 g/mol. The number of hydrogen-bond acceptors (Lipinski definition) is 6. The first-order chi connectivity index (χ1) is 16.6. The predicted molar refractivity (Wildman–Crippen MR) is 128 cm³/mol. The van der Waals surface area contributed by atoms with Gasteiger partial charge in [-0.1, -0.05) is 49.4 Å². The van der Waals surface area contributed by atoms with Crippen LogP contribution in [0.25, 0.3) is 22.5 Å². The van der Waals surface area contributed by atoms with Crippen LogP contribution in [0, 0.1) is 0 Å². The normalized spacial score (nSPS) is 12.9. The van der Waals surface area contributed by atoms with Crippen LogP contribution >= 0.6 is 0 Å². The number of fused-ring (bicyclic) bond motifs is 1. The van der Waals surface area contributed by atoms with Crippen molar-refractivity contribution in [2.75, 3.05) is 6.54 Å². The van der Waals surface area contributed by atoms with E-state index in [9.17, 15) is 4.79 Å². The maximum Gasteiger partial charge on any atom is 0.219 e. The number of tetrazole rings is 1. The number of hydrogen-bond donors (Lipinski definition) is 1. The van der Waals surface area contributed by atoms with Gasteiger partial charge in [-0.05, 0) is 34.4 Å². The van der Waals surface area contributed by atoms with E-state index in [-0.39, 0.29) is 5.91 Å². The number of pyridine rings is 1. The number of rotatable bonds is 6. The van der Waals surface area contributed by atoms with Gasteiger partial charge < -0.3 is 9.64 Å². The Bertz CT molecular complexity index is 1300. The zero-order valence-electron chi connectivity index (χ0n) is 19.3. The lowest BCUT2D eigenvalue weighted by Crippen LogP contribution is -2.35. The lowest BCUT2D eigenvalue weighted by Gasteiger charge is -2.29. The molecule has 2 aromatic heterocycles.